The molecule has 8 heteroatoms. The van der Waals surface area contributed by atoms with E-state index >= 15 is 0 Å². The molecular formula is C13H14F3N5. The molecule has 2 aromatic rings. The molecule has 1 N–H and O–H groups in total. The van der Waals surface area contributed by atoms with Gasteiger partial charge in [-0.05, 0) is 18.4 Å². The van der Waals surface area contributed by atoms with Crippen molar-refractivity contribution in [2.45, 2.75) is 25.6 Å². The Kier molecular flexibility index (Phi) is 3.52. The molecule has 3 heterocycles. The lowest BCUT2D eigenvalue weighted by molar-refractivity contribution is -0.141. The van der Waals surface area contributed by atoms with Gasteiger partial charge in [0.25, 0.3) is 0 Å². The summed E-state index contributed by atoms with van der Waals surface area (Å²) in [6, 6.07) is 1.72. The molecule has 0 bridgehead atoms. The van der Waals surface area contributed by atoms with Gasteiger partial charge in [0.2, 0.25) is 5.95 Å². The Morgan fingerprint density at radius 1 is 1.29 bits per heavy atom. The first-order chi connectivity index (χ1) is 10.0. The monoisotopic (exact) mass is 297 g/mol. The van der Waals surface area contributed by atoms with Gasteiger partial charge in [0.15, 0.2) is 5.69 Å². The lowest BCUT2D eigenvalue weighted by Gasteiger charge is -2.23. The summed E-state index contributed by atoms with van der Waals surface area (Å²) in [6.45, 7) is 1.15. The maximum absolute atomic E-state index is 12.6. The SMILES string of the molecule is FC(F)(F)c1cn2c(n1)CC[C@H](CNc1ncccn1)C2. The van der Waals surface area contributed by atoms with Gasteiger partial charge in [-0.2, -0.15) is 13.2 Å². The van der Waals surface area contributed by atoms with Crippen molar-refractivity contribution in [2.75, 3.05) is 11.9 Å². The standard InChI is InChI=1S/C13H14F3N5/c14-13(15,16)10-8-21-7-9(2-3-11(21)20-10)6-19-12-17-4-1-5-18-12/h1,4-5,8-9H,2-3,6-7H2,(H,17,18,19)/t9-/m1/s1. The van der Waals surface area contributed by atoms with Gasteiger partial charge in [-0.3, -0.25) is 0 Å². The van der Waals surface area contributed by atoms with Crippen LogP contribution in [0, 0.1) is 5.92 Å². The van der Waals surface area contributed by atoms with E-state index in [4.69, 9.17) is 0 Å². The van der Waals surface area contributed by atoms with Crippen molar-refractivity contribution in [1.29, 1.82) is 0 Å². The Morgan fingerprint density at radius 3 is 2.76 bits per heavy atom. The van der Waals surface area contributed by atoms with Crippen molar-refractivity contribution in [2.24, 2.45) is 5.92 Å². The number of aryl methyl sites for hydroxylation is 1. The molecule has 0 radical (unpaired) electrons. The zero-order chi connectivity index (χ0) is 14.9. The molecule has 0 aliphatic carbocycles. The largest absolute Gasteiger partial charge is 0.434 e. The number of halogens is 3. The predicted molar refractivity (Wildman–Crippen MR) is 69.6 cm³/mol. The zero-order valence-electron chi connectivity index (χ0n) is 11.1. The highest BCUT2D eigenvalue weighted by molar-refractivity contribution is 5.22. The number of nitrogens with one attached hydrogen (secondary N) is 1. The maximum Gasteiger partial charge on any atom is 0.434 e. The van der Waals surface area contributed by atoms with Crippen LogP contribution >= 0.6 is 0 Å². The van der Waals surface area contributed by atoms with E-state index in [1.165, 1.54) is 0 Å². The van der Waals surface area contributed by atoms with E-state index in [-0.39, 0.29) is 5.92 Å². The van der Waals surface area contributed by atoms with Crippen LogP contribution in [0.5, 0.6) is 0 Å². The molecule has 21 heavy (non-hydrogen) atoms. The molecular weight excluding hydrogens is 283 g/mol. The van der Waals surface area contributed by atoms with E-state index in [2.05, 4.69) is 20.3 Å². The van der Waals surface area contributed by atoms with Gasteiger partial charge >= 0.3 is 6.18 Å². The van der Waals surface area contributed by atoms with Crippen LogP contribution in [0.25, 0.3) is 0 Å². The van der Waals surface area contributed by atoms with Crippen molar-refractivity contribution in [3.05, 3.63) is 36.2 Å². The number of hydrogen-bond acceptors (Lipinski definition) is 4. The highest BCUT2D eigenvalue weighted by Crippen LogP contribution is 2.30. The second kappa shape index (κ2) is 5.34. The minimum atomic E-state index is -4.38. The molecule has 0 aromatic carbocycles. The van der Waals surface area contributed by atoms with Gasteiger partial charge in [0.1, 0.15) is 5.82 Å². The number of rotatable bonds is 3. The van der Waals surface area contributed by atoms with Gasteiger partial charge < -0.3 is 9.88 Å². The molecule has 0 fully saturated rings. The Balaban J connectivity index is 1.63. The Morgan fingerprint density at radius 2 is 2.05 bits per heavy atom. The number of aromatic nitrogens is 4. The van der Waals surface area contributed by atoms with E-state index < -0.39 is 11.9 Å². The Hall–Kier alpha value is -2.12. The van der Waals surface area contributed by atoms with E-state index in [0.717, 1.165) is 12.6 Å². The van der Waals surface area contributed by atoms with Gasteiger partial charge in [-0.15, -0.1) is 0 Å². The van der Waals surface area contributed by atoms with Crippen molar-refractivity contribution in [1.82, 2.24) is 19.5 Å². The lowest BCUT2D eigenvalue weighted by Crippen LogP contribution is -2.26. The average Bonchev–Trinajstić information content (AvgIpc) is 2.89. The molecule has 112 valence electrons. The summed E-state index contributed by atoms with van der Waals surface area (Å²) in [7, 11) is 0. The van der Waals surface area contributed by atoms with Gasteiger partial charge in [0.05, 0.1) is 0 Å². The van der Waals surface area contributed by atoms with Crippen LogP contribution in [-0.2, 0) is 19.1 Å². The molecule has 0 spiro atoms. The number of alkyl halides is 3. The van der Waals surface area contributed by atoms with Crippen LogP contribution in [0.4, 0.5) is 19.1 Å². The fraction of sp³-hybridized carbons (Fsp3) is 0.462. The third-order valence-corrected chi connectivity index (χ3v) is 3.50. The van der Waals surface area contributed by atoms with Crippen molar-refractivity contribution in [3.63, 3.8) is 0 Å². The minimum absolute atomic E-state index is 0.233. The normalized spacial score (nSPS) is 18.3. The van der Waals surface area contributed by atoms with Crippen LogP contribution < -0.4 is 5.32 Å². The minimum Gasteiger partial charge on any atom is -0.354 e. The first-order valence-electron chi connectivity index (χ1n) is 6.66. The van der Waals surface area contributed by atoms with Gasteiger partial charge in [-0.1, -0.05) is 0 Å². The van der Waals surface area contributed by atoms with E-state index in [1.54, 1.807) is 23.0 Å². The number of fused-ring (bicyclic) bond motifs is 1. The number of hydrogen-bond donors (Lipinski definition) is 1. The summed E-state index contributed by atoms with van der Waals surface area (Å²) < 4.78 is 39.5. The molecule has 0 unspecified atom stereocenters. The molecule has 5 nitrogen and oxygen atoms in total. The predicted octanol–water partition coefficient (Wildman–Crippen LogP) is 2.37. The molecule has 1 aliphatic rings. The summed E-state index contributed by atoms with van der Waals surface area (Å²) >= 11 is 0. The van der Waals surface area contributed by atoms with Gasteiger partial charge in [-0.25, -0.2) is 15.0 Å². The summed E-state index contributed by atoms with van der Waals surface area (Å²) in [6.07, 6.45) is 1.35. The average molecular weight is 297 g/mol. The van der Waals surface area contributed by atoms with E-state index in [1.807, 2.05) is 0 Å². The number of anilines is 1. The Labute approximate surface area is 119 Å². The van der Waals surface area contributed by atoms with Gasteiger partial charge in [0, 0.05) is 38.1 Å². The first-order valence-corrected chi connectivity index (χ1v) is 6.66. The second-order valence-electron chi connectivity index (χ2n) is 5.05. The Bertz CT molecular complexity index is 608. The highest BCUT2D eigenvalue weighted by atomic mass is 19.4. The molecule has 0 saturated carbocycles. The quantitative estimate of drug-likeness (QED) is 0.945. The van der Waals surface area contributed by atoms with Crippen LogP contribution in [0.2, 0.25) is 0 Å². The fourth-order valence-electron chi connectivity index (χ4n) is 2.44. The summed E-state index contributed by atoms with van der Waals surface area (Å²) in [4.78, 5) is 11.8. The molecule has 1 aliphatic heterocycles. The summed E-state index contributed by atoms with van der Waals surface area (Å²) in [5.41, 5.74) is -0.808. The first kappa shape index (κ1) is 13.8. The maximum atomic E-state index is 12.6. The third kappa shape index (κ3) is 3.14. The second-order valence-corrected chi connectivity index (χ2v) is 5.05. The van der Waals surface area contributed by atoms with Crippen LogP contribution in [0.1, 0.15) is 17.9 Å². The van der Waals surface area contributed by atoms with Crippen molar-refractivity contribution in [3.8, 4) is 0 Å². The highest BCUT2D eigenvalue weighted by Gasteiger charge is 2.35. The van der Waals surface area contributed by atoms with E-state index in [9.17, 15) is 13.2 Å². The zero-order valence-corrected chi connectivity index (χ0v) is 11.1. The van der Waals surface area contributed by atoms with Crippen molar-refractivity contribution < 1.29 is 13.2 Å². The van der Waals surface area contributed by atoms with Crippen LogP contribution in [-0.4, -0.2) is 26.1 Å². The third-order valence-electron chi connectivity index (χ3n) is 3.50. The number of nitrogens with zero attached hydrogens (tertiary/aromatic N) is 4. The topological polar surface area (TPSA) is 55.6 Å². The number of imidazole rings is 1. The molecule has 2 aromatic heterocycles. The van der Waals surface area contributed by atoms with E-state index in [0.29, 0.717) is 31.3 Å². The fourth-order valence-corrected chi connectivity index (χ4v) is 2.44. The van der Waals surface area contributed by atoms with Crippen molar-refractivity contribution >= 4 is 5.95 Å². The smallest absolute Gasteiger partial charge is 0.354 e. The summed E-state index contributed by atoms with van der Waals surface area (Å²) in [5, 5.41) is 3.10. The summed E-state index contributed by atoms with van der Waals surface area (Å²) in [5.74, 6) is 1.27. The lowest BCUT2D eigenvalue weighted by atomic mass is 9.99. The molecule has 0 saturated heterocycles. The molecule has 3 rings (SSSR count). The van der Waals surface area contributed by atoms with Crippen LogP contribution in [0.15, 0.2) is 24.7 Å². The molecule has 0 amide bonds. The van der Waals surface area contributed by atoms with Crippen LogP contribution in [0.3, 0.4) is 0 Å². The molecule has 1 atom stereocenters.